The molecule has 0 saturated carbocycles. The van der Waals surface area contributed by atoms with Crippen molar-refractivity contribution in [1.82, 2.24) is 4.98 Å². The molecule has 0 bridgehead atoms. The van der Waals surface area contributed by atoms with Crippen LogP contribution in [0.25, 0.3) is 0 Å². The molecule has 0 aromatic carbocycles. The van der Waals surface area contributed by atoms with Gasteiger partial charge in [-0.15, -0.1) is 0 Å². The summed E-state index contributed by atoms with van der Waals surface area (Å²) in [7, 11) is 0. The van der Waals surface area contributed by atoms with Crippen LogP contribution in [0.3, 0.4) is 0 Å². The zero-order chi connectivity index (χ0) is 7.56. The summed E-state index contributed by atoms with van der Waals surface area (Å²) in [6.07, 6.45) is 0.706. The van der Waals surface area contributed by atoms with Gasteiger partial charge in [0, 0.05) is 0 Å². The Balaban J connectivity index is 3.16. The number of aldehydes is 1. The van der Waals surface area contributed by atoms with E-state index in [1.165, 1.54) is 0 Å². The summed E-state index contributed by atoms with van der Waals surface area (Å²) in [6, 6.07) is 3.41. The summed E-state index contributed by atoms with van der Waals surface area (Å²) < 4.78 is 1.50. The third-order valence-corrected chi connectivity index (χ3v) is 2.72. The van der Waals surface area contributed by atoms with E-state index in [2.05, 4.69) is 36.8 Å². The van der Waals surface area contributed by atoms with E-state index in [1.807, 2.05) is 0 Å². The van der Waals surface area contributed by atoms with Crippen LogP contribution in [-0.4, -0.2) is 11.3 Å². The molecule has 4 heteroatoms. The lowest BCUT2D eigenvalue weighted by atomic mass is 10.4. The minimum atomic E-state index is 0.426. The fraction of sp³-hybridized carbons (Fsp3) is 0. The van der Waals surface area contributed by atoms with Crippen molar-refractivity contribution in [3.63, 3.8) is 0 Å². The van der Waals surface area contributed by atoms with Crippen molar-refractivity contribution in [3.05, 3.63) is 26.9 Å². The van der Waals surface area contributed by atoms with Crippen LogP contribution in [0.5, 0.6) is 0 Å². The Bertz CT molecular complexity index is 262. The Morgan fingerprint density at radius 1 is 1.40 bits per heavy atom. The van der Waals surface area contributed by atoms with Crippen LogP contribution >= 0.6 is 31.9 Å². The van der Waals surface area contributed by atoms with Gasteiger partial charge in [-0.25, -0.2) is 4.98 Å². The Hall–Kier alpha value is -0.220. The molecule has 0 saturated heterocycles. The highest BCUT2D eigenvalue weighted by Gasteiger charge is 1.97. The smallest absolute Gasteiger partial charge is 0.168 e. The molecule has 1 aromatic heterocycles. The first-order valence-corrected chi connectivity index (χ1v) is 4.10. The molecule has 1 rings (SSSR count). The van der Waals surface area contributed by atoms with Crippen LogP contribution in [0.4, 0.5) is 0 Å². The van der Waals surface area contributed by atoms with Gasteiger partial charge in [0.2, 0.25) is 0 Å². The number of hydrogen-bond donors (Lipinski definition) is 0. The molecule has 0 fully saturated rings. The molecule has 1 heterocycles. The largest absolute Gasteiger partial charge is 0.296 e. The first kappa shape index (κ1) is 7.88. The van der Waals surface area contributed by atoms with E-state index in [1.54, 1.807) is 12.1 Å². The standard InChI is InChI=1S/C6H3Br2NO/c7-5-2-1-4(3-10)9-6(5)8/h1-3H. The van der Waals surface area contributed by atoms with E-state index in [9.17, 15) is 4.79 Å². The predicted molar refractivity (Wildman–Crippen MR) is 45.0 cm³/mol. The molecular formula is C6H3Br2NO. The van der Waals surface area contributed by atoms with Gasteiger partial charge < -0.3 is 0 Å². The molecule has 0 aliphatic carbocycles. The van der Waals surface area contributed by atoms with Gasteiger partial charge in [0.15, 0.2) is 6.29 Å². The van der Waals surface area contributed by atoms with Crippen LogP contribution in [-0.2, 0) is 0 Å². The first-order chi connectivity index (χ1) is 4.74. The second kappa shape index (κ2) is 3.25. The maximum atomic E-state index is 10.2. The molecule has 10 heavy (non-hydrogen) atoms. The topological polar surface area (TPSA) is 30.0 Å². The maximum absolute atomic E-state index is 10.2. The molecule has 0 amide bonds. The second-order valence-electron chi connectivity index (χ2n) is 1.63. The minimum Gasteiger partial charge on any atom is -0.296 e. The number of aromatic nitrogens is 1. The fourth-order valence-corrected chi connectivity index (χ4v) is 1.05. The third kappa shape index (κ3) is 1.64. The van der Waals surface area contributed by atoms with Gasteiger partial charge in [-0.2, -0.15) is 0 Å². The number of nitrogens with zero attached hydrogens (tertiary/aromatic N) is 1. The zero-order valence-corrected chi connectivity index (χ0v) is 8.02. The highest BCUT2D eigenvalue weighted by atomic mass is 79.9. The van der Waals surface area contributed by atoms with Crippen molar-refractivity contribution in [2.45, 2.75) is 0 Å². The summed E-state index contributed by atoms with van der Waals surface area (Å²) in [5.74, 6) is 0. The predicted octanol–water partition coefficient (Wildman–Crippen LogP) is 2.42. The molecule has 1 aromatic rings. The molecule has 0 spiro atoms. The van der Waals surface area contributed by atoms with E-state index in [0.717, 1.165) is 4.47 Å². The zero-order valence-electron chi connectivity index (χ0n) is 4.84. The van der Waals surface area contributed by atoms with Crippen molar-refractivity contribution < 1.29 is 4.79 Å². The average Bonchev–Trinajstić information content (AvgIpc) is 1.95. The van der Waals surface area contributed by atoms with Crippen LogP contribution in [0.2, 0.25) is 0 Å². The van der Waals surface area contributed by atoms with E-state index in [0.29, 0.717) is 16.6 Å². The van der Waals surface area contributed by atoms with Crippen molar-refractivity contribution in [1.29, 1.82) is 0 Å². The molecule has 0 aliphatic heterocycles. The molecule has 0 N–H and O–H groups in total. The Kier molecular flexibility index (Phi) is 2.56. The van der Waals surface area contributed by atoms with E-state index < -0.39 is 0 Å². The molecule has 52 valence electrons. The summed E-state index contributed by atoms with van der Waals surface area (Å²) >= 11 is 6.40. The Morgan fingerprint density at radius 2 is 2.10 bits per heavy atom. The quantitative estimate of drug-likeness (QED) is 0.576. The molecular weight excluding hydrogens is 262 g/mol. The fourth-order valence-electron chi connectivity index (χ4n) is 0.497. The van der Waals surface area contributed by atoms with Crippen LogP contribution in [0.15, 0.2) is 21.2 Å². The second-order valence-corrected chi connectivity index (χ2v) is 3.23. The summed E-state index contributed by atoms with van der Waals surface area (Å²) in [5, 5.41) is 0. The lowest BCUT2D eigenvalue weighted by molar-refractivity contribution is 0.111. The number of rotatable bonds is 1. The van der Waals surface area contributed by atoms with Crippen molar-refractivity contribution in [2.24, 2.45) is 0 Å². The van der Waals surface area contributed by atoms with Gasteiger partial charge in [-0.3, -0.25) is 4.79 Å². The van der Waals surface area contributed by atoms with Gasteiger partial charge in [0.25, 0.3) is 0 Å². The average molecular weight is 265 g/mol. The van der Waals surface area contributed by atoms with E-state index >= 15 is 0 Å². The summed E-state index contributed by atoms with van der Waals surface area (Å²) in [4.78, 5) is 14.1. The Labute approximate surface area is 74.9 Å². The minimum absolute atomic E-state index is 0.426. The monoisotopic (exact) mass is 263 g/mol. The van der Waals surface area contributed by atoms with Crippen LogP contribution < -0.4 is 0 Å². The molecule has 0 aliphatic rings. The molecule has 0 atom stereocenters. The van der Waals surface area contributed by atoms with E-state index in [-0.39, 0.29) is 0 Å². The SMILES string of the molecule is O=Cc1ccc(Br)c(Br)n1. The number of carbonyl (C=O) groups is 1. The summed E-state index contributed by atoms with van der Waals surface area (Å²) in [6.45, 7) is 0. The van der Waals surface area contributed by atoms with Crippen molar-refractivity contribution in [3.8, 4) is 0 Å². The Morgan fingerprint density at radius 3 is 2.60 bits per heavy atom. The van der Waals surface area contributed by atoms with Gasteiger partial charge in [0.1, 0.15) is 10.3 Å². The molecule has 0 radical (unpaired) electrons. The first-order valence-electron chi connectivity index (χ1n) is 2.51. The molecule has 0 unspecified atom stereocenters. The highest BCUT2D eigenvalue weighted by Crippen LogP contribution is 2.19. The number of carbonyl (C=O) groups excluding carboxylic acids is 1. The van der Waals surface area contributed by atoms with E-state index in [4.69, 9.17) is 0 Å². The lowest BCUT2D eigenvalue weighted by Gasteiger charge is -1.93. The molecule has 2 nitrogen and oxygen atoms in total. The normalized spacial score (nSPS) is 9.40. The van der Waals surface area contributed by atoms with Gasteiger partial charge in [-0.05, 0) is 44.0 Å². The van der Waals surface area contributed by atoms with Gasteiger partial charge >= 0.3 is 0 Å². The van der Waals surface area contributed by atoms with Crippen LogP contribution in [0.1, 0.15) is 10.5 Å². The third-order valence-electron chi connectivity index (χ3n) is 0.946. The number of hydrogen-bond acceptors (Lipinski definition) is 2. The number of pyridine rings is 1. The van der Waals surface area contributed by atoms with Crippen LogP contribution in [0, 0.1) is 0 Å². The summed E-state index contributed by atoms with van der Waals surface area (Å²) in [5.41, 5.74) is 0.426. The number of halogens is 2. The maximum Gasteiger partial charge on any atom is 0.168 e. The van der Waals surface area contributed by atoms with Crippen molar-refractivity contribution >= 4 is 38.1 Å². The highest BCUT2D eigenvalue weighted by molar-refractivity contribution is 9.13. The lowest BCUT2D eigenvalue weighted by Crippen LogP contribution is -1.86. The van der Waals surface area contributed by atoms with Gasteiger partial charge in [-0.1, -0.05) is 0 Å². The van der Waals surface area contributed by atoms with Gasteiger partial charge in [0.05, 0.1) is 4.47 Å². The van der Waals surface area contributed by atoms with Crippen molar-refractivity contribution in [2.75, 3.05) is 0 Å².